The van der Waals surface area contributed by atoms with Gasteiger partial charge in [-0.2, -0.15) is 0 Å². The third-order valence-electron chi connectivity index (χ3n) is 1.84. The van der Waals surface area contributed by atoms with E-state index >= 15 is 0 Å². The molecule has 1 aliphatic rings. The van der Waals surface area contributed by atoms with Crippen LogP contribution in [0.15, 0.2) is 35.8 Å². The van der Waals surface area contributed by atoms with Crippen molar-refractivity contribution in [2.45, 2.75) is 38.9 Å². The van der Waals surface area contributed by atoms with Gasteiger partial charge < -0.3 is 10.4 Å². The SMILES string of the molecule is CC1(F)C=CC(O)=CC(NC(C)(C)C)=C1. The quantitative estimate of drug-likeness (QED) is 0.698. The first-order valence-corrected chi connectivity index (χ1v) is 4.98. The van der Waals surface area contributed by atoms with E-state index in [9.17, 15) is 9.50 Å². The van der Waals surface area contributed by atoms with Crippen LogP contribution in [-0.2, 0) is 0 Å². The van der Waals surface area contributed by atoms with E-state index in [0.717, 1.165) is 0 Å². The molecule has 1 atom stereocenters. The Hall–Kier alpha value is -1.25. The zero-order valence-corrected chi connectivity index (χ0v) is 9.63. The Kier molecular flexibility index (Phi) is 2.93. The van der Waals surface area contributed by atoms with E-state index in [1.54, 1.807) is 0 Å². The van der Waals surface area contributed by atoms with Crippen LogP contribution < -0.4 is 5.32 Å². The summed E-state index contributed by atoms with van der Waals surface area (Å²) in [5, 5.41) is 12.5. The molecule has 0 saturated heterocycles. The number of alkyl halides is 1. The molecule has 0 amide bonds. The average Bonchev–Trinajstić information content (AvgIpc) is 2.06. The van der Waals surface area contributed by atoms with Gasteiger partial charge in [-0.25, -0.2) is 4.39 Å². The lowest BCUT2D eigenvalue weighted by atomic mass is 10.1. The smallest absolute Gasteiger partial charge is 0.147 e. The van der Waals surface area contributed by atoms with Crippen LogP contribution in [0.5, 0.6) is 0 Å². The molecular weight excluding hydrogens is 193 g/mol. The molecule has 0 spiro atoms. The first-order valence-electron chi connectivity index (χ1n) is 4.98. The molecule has 0 saturated carbocycles. The van der Waals surface area contributed by atoms with E-state index in [1.807, 2.05) is 20.8 Å². The minimum absolute atomic E-state index is 0.0550. The number of aliphatic hydroxyl groups is 1. The molecule has 15 heavy (non-hydrogen) atoms. The number of nitrogens with one attached hydrogen (secondary N) is 1. The van der Waals surface area contributed by atoms with Crippen molar-refractivity contribution in [1.82, 2.24) is 5.32 Å². The van der Waals surface area contributed by atoms with Crippen molar-refractivity contribution >= 4 is 0 Å². The highest BCUT2D eigenvalue weighted by atomic mass is 19.1. The summed E-state index contributed by atoms with van der Waals surface area (Å²) in [6.07, 6.45) is 5.68. The Morgan fingerprint density at radius 3 is 2.53 bits per heavy atom. The summed E-state index contributed by atoms with van der Waals surface area (Å²) in [6, 6.07) is 0. The third-order valence-corrected chi connectivity index (χ3v) is 1.84. The molecule has 0 aromatic carbocycles. The number of hydrogen-bond donors (Lipinski definition) is 2. The van der Waals surface area contributed by atoms with Crippen LogP contribution in [-0.4, -0.2) is 16.3 Å². The number of hydrogen-bond acceptors (Lipinski definition) is 2. The van der Waals surface area contributed by atoms with Crippen LogP contribution in [0, 0.1) is 0 Å². The summed E-state index contributed by atoms with van der Waals surface area (Å²) < 4.78 is 13.8. The normalized spacial score (nSPS) is 26.7. The highest BCUT2D eigenvalue weighted by molar-refractivity contribution is 5.34. The van der Waals surface area contributed by atoms with Crippen LogP contribution >= 0.6 is 0 Å². The first kappa shape index (κ1) is 11.8. The van der Waals surface area contributed by atoms with E-state index in [-0.39, 0.29) is 11.3 Å². The predicted octanol–water partition coefficient (Wildman–Crippen LogP) is 3.00. The maximum Gasteiger partial charge on any atom is 0.147 e. The van der Waals surface area contributed by atoms with Gasteiger partial charge in [-0.1, -0.05) is 0 Å². The maximum atomic E-state index is 13.8. The van der Waals surface area contributed by atoms with Crippen molar-refractivity contribution in [3.8, 4) is 0 Å². The lowest BCUT2D eigenvalue weighted by molar-refractivity contribution is 0.324. The number of aliphatic hydroxyl groups excluding tert-OH is 1. The lowest BCUT2D eigenvalue weighted by Gasteiger charge is -2.24. The van der Waals surface area contributed by atoms with Crippen molar-refractivity contribution in [3.05, 3.63) is 35.8 Å². The summed E-state index contributed by atoms with van der Waals surface area (Å²) in [5.74, 6) is 0.0550. The number of allylic oxidation sites excluding steroid dienone is 4. The van der Waals surface area contributed by atoms with Crippen LogP contribution in [0.3, 0.4) is 0 Å². The Morgan fingerprint density at radius 1 is 1.40 bits per heavy atom. The van der Waals surface area contributed by atoms with Crippen molar-refractivity contribution < 1.29 is 9.50 Å². The van der Waals surface area contributed by atoms with E-state index < -0.39 is 5.67 Å². The maximum absolute atomic E-state index is 13.8. The molecule has 0 fully saturated rings. The first-order chi connectivity index (χ1) is 6.68. The van der Waals surface area contributed by atoms with Gasteiger partial charge >= 0.3 is 0 Å². The zero-order valence-electron chi connectivity index (χ0n) is 9.63. The van der Waals surface area contributed by atoms with Gasteiger partial charge in [-0.15, -0.1) is 0 Å². The summed E-state index contributed by atoms with van der Waals surface area (Å²) in [5.41, 5.74) is -1.10. The second kappa shape index (κ2) is 3.72. The van der Waals surface area contributed by atoms with Gasteiger partial charge in [-0.3, -0.25) is 0 Å². The van der Waals surface area contributed by atoms with E-state index in [4.69, 9.17) is 0 Å². The highest BCUT2D eigenvalue weighted by Gasteiger charge is 2.21. The third kappa shape index (κ3) is 4.19. The van der Waals surface area contributed by atoms with Crippen molar-refractivity contribution in [2.75, 3.05) is 0 Å². The lowest BCUT2D eigenvalue weighted by Crippen LogP contribution is -2.35. The van der Waals surface area contributed by atoms with Gasteiger partial charge in [0, 0.05) is 17.3 Å². The Labute approximate surface area is 90.2 Å². The van der Waals surface area contributed by atoms with E-state index in [1.165, 1.54) is 31.2 Å². The summed E-state index contributed by atoms with van der Waals surface area (Å²) in [4.78, 5) is 0. The molecule has 1 rings (SSSR count). The monoisotopic (exact) mass is 211 g/mol. The van der Waals surface area contributed by atoms with Gasteiger partial charge in [0.15, 0.2) is 0 Å². The molecule has 0 heterocycles. The van der Waals surface area contributed by atoms with Gasteiger partial charge in [0.1, 0.15) is 11.4 Å². The predicted molar refractivity (Wildman–Crippen MR) is 60.3 cm³/mol. The zero-order chi connectivity index (χ0) is 11.7. The summed E-state index contributed by atoms with van der Waals surface area (Å²) in [7, 11) is 0. The molecule has 84 valence electrons. The molecule has 1 aliphatic carbocycles. The van der Waals surface area contributed by atoms with Gasteiger partial charge in [0.05, 0.1) is 0 Å². The van der Waals surface area contributed by atoms with Crippen LogP contribution in [0.4, 0.5) is 4.39 Å². The van der Waals surface area contributed by atoms with Crippen molar-refractivity contribution in [1.29, 1.82) is 0 Å². The van der Waals surface area contributed by atoms with Crippen molar-refractivity contribution in [3.63, 3.8) is 0 Å². The second-order valence-electron chi connectivity index (χ2n) is 5.03. The molecule has 3 heteroatoms. The molecule has 0 bridgehead atoms. The number of rotatable bonds is 1. The van der Waals surface area contributed by atoms with E-state index in [2.05, 4.69) is 5.32 Å². The highest BCUT2D eigenvalue weighted by Crippen LogP contribution is 2.21. The summed E-state index contributed by atoms with van der Waals surface area (Å²) in [6.45, 7) is 7.38. The van der Waals surface area contributed by atoms with Gasteiger partial charge in [0.25, 0.3) is 0 Å². The van der Waals surface area contributed by atoms with Gasteiger partial charge in [0.2, 0.25) is 0 Å². The Balaban J connectivity index is 2.96. The molecule has 2 nitrogen and oxygen atoms in total. The van der Waals surface area contributed by atoms with Crippen LogP contribution in [0.1, 0.15) is 27.7 Å². The molecule has 1 unspecified atom stereocenters. The van der Waals surface area contributed by atoms with Crippen LogP contribution in [0.25, 0.3) is 0 Å². The van der Waals surface area contributed by atoms with Gasteiger partial charge in [-0.05, 0) is 45.9 Å². The fourth-order valence-electron chi connectivity index (χ4n) is 1.35. The molecule has 0 aromatic rings. The summed E-state index contributed by atoms with van der Waals surface area (Å²) >= 11 is 0. The second-order valence-corrected chi connectivity index (χ2v) is 5.03. The Bertz CT molecular complexity index is 332. The van der Waals surface area contributed by atoms with Crippen molar-refractivity contribution in [2.24, 2.45) is 0 Å². The fourth-order valence-corrected chi connectivity index (χ4v) is 1.35. The van der Waals surface area contributed by atoms with E-state index in [0.29, 0.717) is 5.70 Å². The number of halogens is 1. The topological polar surface area (TPSA) is 32.3 Å². The molecule has 2 N–H and O–H groups in total. The fraction of sp³-hybridized carbons (Fsp3) is 0.500. The average molecular weight is 211 g/mol. The molecule has 0 aromatic heterocycles. The minimum Gasteiger partial charge on any atom is -0.508 e. The molecular formula is C12H18FNO. The minimum atomic E-state index is -1.53. The molecule has 0 aliphatic heterocycles. The molecule has 0 radical (unpaired) electrons. The standard InChI is InChI=1S/C12H18FNO/c1-11(2,3)14-9-7-10(15)5-6-12(4,13)8-9/h5-8,14-15H,1-4H3. The Morgan fingerprint density at radius 2 is 2.00 bits per heavy atom. The van der Waals surface area contributed by atoms with Crippen LogP contribution in [0.2, 0.25) is 0 Å². The largest absolute Gasteiger partial charge is 0.508 e.